The first-order chi connectivity index (χ1) is 10.1. The number of nitrogens with zero attached hydrogens (tertiary/aromatic N) is 2. The molecule has 0 amide bonds. The summed E-state index contributed by atoms with van der Waals surface area (Å²) in [4.78, 5) is 7.70. The first kappa shape index (κ1) is 13.7. The quantitative estimate of drug-likeness (QED) is 0.738. The molecule has 3 rings (SSSR count). The van der Waals surface area contributed by atoms with Crippen LogP contribution >= 0.6 is 11.6 Å². The molecule has 3 aromatic rings. The van der Waals surface area contributed by atoms with Crippen LogP contribution in [-0.2, 0) is 6.54 Å². The summed E-state index contributed by atoms with van der Waals surface area (Å²) < 4.78 is 26.4. The fourth-order valence-electron chi connectivity index (χ4n) is 2.02. The van der Waals surface area contributed by atoms with Crippen LogP contribution < -0.4 is 5.32 Å². The molecular weight excluding hydrogens is 296 g/mol. The minimum absolute atomic E-state index is 0.0733. The molecule has 0 aliphatic rings. The Kier molecular flexibility index (Phi) is 3.66. The summed E-state index contributed by atoms with van der Waals surface area (Å²) in [6.45, 7) is 0.434. The lowest BCUT2D eigenvalue weighted by Gasteiger charge is -2.09. The monoisotopic (exact) mass is 305 g/mol. The molecule has 0 saturated heterocycles. The summed E-state index contributed by atoms with van der Waals surface area (Å²) in [5.74, 6) is -1.02. The molecule has 6 heteroatoms. The van der Waals surface area contributed by atoms with Gasteiger partial charge < -0.3 is 5.32 Å². The minimum Gasteiger partial charge on any atom is -0.380 e. The van der Waals surface area contributed by atoms with Gasteiger partial charge in [-0.1, -0.05) is 17.7 Å². The van der Waals surface area contributed by atoms with E-state index in [4.69, 9.17) is 11.6 Å². The molecule has 0 saturated carbocycles. The Balaban J connectivity index is 1.88. The van der Waals surface area contributed by atoms with E-state index in [1.807, 2.05) is 0 Å². The van der Waals surface area contributed by atoms with E-state index >= 15 is 0 Å². The highest BCUT2D eigenvalue weighted by Gasteiger charge is 2.05. The second kappa shape index (κ2) is 5.61. The van der Waals surface area contributed by atoms with Gasteiger partial charge in [-0.05, 0) is 23.8 Å². The third kappa shape index (κ3) is 2.92. The predicted octanol–water partition coefficient (Wildman–Crippen LogP) is 4.17. The van der Waals surface area contributed by atoms with E-state index in [-0.39, 0.29) is 5.02 Å². The van der Waals surface area contributed by atoms with Gasteiger partial charge in [0.15, 0.2) is 0 Å². The van der Waals surface area contributed by atoms with Crippen LogP contribution in [0.3, 0.4) is 0 Å². The van der Waals surface area contributed by atoms with Crippen LogP contribution in [-0.4, -0.2) is 9.97 Å². The Morgan fingerprint density at radius 1 is 1.10 bits per heavy atom. The van der Waals surface area contributed by atoms with Crippen molar-refractivity contribution in [3.63, 3.8) is 0 Å². The van der Waals surface area contributed by atoms with Crippen LogP contribution in [0, 0.1) is 11.8 Å². The number of nitrogens with one attached hydrogen (secondary N) is 1. The summed E-state index contributed by atoms with van der Waals surface area (Å²) in [6.07, 6.45) is 2.99. The summed E-state index contributed by atoms with van der Waals surface area (Å²) in [7, 11) is 0. The van der Waals surface area contributed by atoms with Gasteiger partial charge in [-0.2, -0.15) is 4.39 Å². The smallest absolute Gasteiger partial charge is 0.213 e. The van der Waals surface area contributed by atoms with Crippen LogP contribution in [0.15, 0.2) is 42.7 Å². The molecule has 1 N–H and O–H groups in total. The fraction of sp³-hybridized carbons (Fsp3) is 0.0667. The molecule has 0 unspecified atom stereocenters. The first-order valence-electron chi connectivity index (χ1n) is 6.21. The molecule has 0 aliphatic carbocycles. The van der Waals surface area contributed by atoms with Crippen LogP contribution in [0.1, 0.15) is 5.56 Å². The highest BCUT2D eigenvalue weighted by molar-refractivity contribution is 6.30. The van der Waals surface area contributed by atoms with Gasteiger partial charge in [0.2, 0.25) is 5.95 Å². The molecule has 21 heavy (non-hydrogen) atoms. The molecule has 1 aromatic carbocycles. The maximum absolute atomic E-state index is 13.3. The number of anilines is 1. The van der Waals surface area contributed by atoms with Crippen LogP contribution in [0.5, 0.6) is 0 Å². The van der Waals surface area contributed by atoms with Crippen molar-refractivity contribution in [3.8, 4) is 0 Å². The summed E-state index contributed by atoms with van der Waals surface area (Å²) in [5, 5.41) is 3.87. The highest BCUT2D eigenvalue weighted by Crippen LogP contribution is 2.23. The number of fused-ring (bicyclic) bond motifs is 1. The average Bonchev–Trinajstić information content (AvgIpc) is 2.48. The molecule has 0 aliphatic heterocycles. The highest BCUT2D eigenvalue weighted by atomic mass is 35.5. The Bertz CT molecular complexity index is 808. The van der Waals surface area contributed by atoms with E-state index in [0.29, 0.717) is 17.4 Å². The summed E-state index contributed by atoms with van der Waals surface area (Å²) in [5.41, 5.74) is 2.14. The van der Waals surface area contributed by atoms with Crippen molar-refractivity contribution in [2.45, 2.75) is 6.54 Å². The third-order valence-electron chi connectivity index (χ3n) is 3.06. The van der Waals surface area contributed by atoms with E-state index in [2.05, 4.69) is 15.3 Å². The molecule has 2 heterocycles. The molecule has 3 nitrogen and oxygen atoms in total. The van der Waals surface area contributed by atoms with Crippen molar-refractivity contribution in [2.24, 2.45) is 0 Å². The average molecular weight is 306 g/mol. The van der Waals surface area contributed by atoms with E-state index < -0.39 is 11.8 Å². The number of benzene rings is 1. The van der Waals surface area contributed by atoms with Crippen LogP contribution in [0.25, 0.3) is 10.9 Å². The fourth-order valence-corrected chi connectivity index (χ4v) is 2.23. The van der Waals surface area contributed by atoms with Crippen molar-refractivity contribution in [1.82, 2.24) is 9.97 Å². The number of hydrogen-bond donors (Lipinski definition) is 1. The molecule has 0 fully saturated rings. The van der Waals surface area contributed by atoms with Gasteiger partial charge in [0.1, 0.15) is 5.82 Å². The van der Waals surface area contributed by atoms with E-state index in [0.717, 1.165) is 11.3 Å². The Labute approximate surface area is 124 Å². The van der Waals surface area contributed by atoms with Crippen molar-refractivity contribution in [1.29, 1.82) is 0 Å². The standard InChI is InChI=1S/C15H10ClF2N3/c16-11-5-9(1-2-12(11)17)7-20-13-3-4-19-14-8-21-15(18)6-10(13)14/h1-6,8H,7H2,(H,19,20). The molecule has 0 radical (unpaired) electrons. The molecule has 2 aromatic heterocycles. The van der Waals surface area contributed by atoms with Gasteiger partial charge >= 0.3 is 0 Å². The topological polar surface area (TPSA) is 37.8 Å². The molecular formula is C15H10ClF2N3. The zero-order valence-corrected chi connectivity index (χ0v) is 11.5. The third-order valence-corrected chi connectivity index (χ3v) is 3.35. The predicted molar refractivity (Wildman–Crippen MR) is 78.2 cm³/mol. The largest absolute Gasteiger partial charge is 0.380 e. The normalized spacial score (nSPS) is 10.8. The van der Waals surface area contributed by atoms with Gasteiger partial charge in [-0.3, -0.25) is 4.98 Å². The van der Waals surface area contributed by atoms with E-state index in [9.17, 15) is 8.78 Å². The number of hydrogen-bond acceptors (Lipinski definition) is 3. The zero-order valence-electron chi connectivity index (χ0n) is 10.8. The van der Waals surface area contributed by atoms with Crippen molar-refractivity contribution < 1.29 is 8.78 Å². The van der Waals surface area contributed by atoms with Gasteiger partial charge in [0, 0.05) is 29.9 Å². The van der Waals surface area contributed by atoms with Crippen LogP contribution in [0.2, 0.25) is 5.02 Å². The Morgan fingerprint density at radius 3 is 2.76 bits per heavy atom. The second-order valence-electron chi connectivity index (χ2n) is 4.48. The van der Waals surface area contributed by atoms with Crippen molar-refractivity contribution >= 4 is 28.2 Å². The second-order valence-corrected chi connectivity index (χ2v) is 4.89. The van der Waals surface area contributed by atoms with Gasteiger partial charge in [-0.25, -0.2) is 9.37 Å². The van der Waals surface area contributed by atoms with E-state index in [1.54, 1.807) is 24.4 Å². The first-order valence-corrected chi connectivity index (χ1v) is 6.59. The number of aromatic nitrogens is 2. The molecule has 0 spiro atoms. The molecule has 0 bridgehead atoms. The number of halogens is 3. The van der Waals surface area contributed by atoms with Crippen LogP contribution in [0.4, 0.5) is 14.5 Å². The maximum Gasteiger partial charge on any atom is 0.213 e. The number of rotatable bonds is 3. The minimum atomic E-state index is -0.566. The summed E-state index contributed by atoms with van der Waals surface area (Å²) in [6, 6.07) is 7.57. The van der Waals surface area contributed by atoms with Gasteiger partial charge in [-0.15, -0.1) is 0 Å². The van der Waals surface area contributed by atoms with E-state index in [1.165, 1.54) is 18.3 Å². The van der Waals surface area contributed by atoms with Gasteiger partial charge in [0.25, 0.3) is 0 Å². The SMILES string of the molecule is Fc1cc2c(NCc3ccc(F)c(Cl)c3)ccnc2cn1. The Morgan fingerprint density at radius 2 is 1.95 bits per heavy atom. The lowest BCUT2D eigenvalue weighted by molar-refractivity contribution is 0.586. The lowest BCUT2D eigenvalue weighted by atomic mass is 10.2. The zero-order chi connectivity index (χ0) is 14.8. The number of pyridine rings is 2. The summed E-state index contributed by atoms with van der Waals surface area (Å²) >= 11 is 5.74. The maximum atomic E-state index is 13.3. The van der Waals surface area contributed by atoms with Gasteiger partial charge in [0.05, 0.1) is 16.7 Å². The van der Waals surface area contributed by atoms with Crippen molar-refractivity contribution in [3.05, 3.63) is 65.1 Å². The Hall–Kier alpha value is -2.27. The molecule has 0 atom stereocenters. The molecule has 106 valence electrons. The van der Waals surface area contributed by atoms with Crippen molar-refractivity contribution in [2.75, 3.05) is 5.32 Å². The lowest BCUT2D eigenvalue weighted by Crippen LogP contribution is -2.01.